The van der Waals surface area contributed by atoms with Gasteiger partial charge in [-0.05, 0) is 50.6 Å². The van der Waals surface area contributed by atoms with Gasteiger partial charge >= 0.3 is 12.3 Å². The molecule has 1 heterocycles. The van der Waals surface area contributed by atoms with E-state index >= 15 is 0 Å². The summed E-state index contributed by atoms with van der Waals surface area (Å²) in [6, 6.07) is 11.7. The first-order chi connectivity index (χ1) is 15.4. The van der Waals surface area contributed by atoms with Crippen LogP contribution in [0.3, 0.4) is 0 Å². The first-order valence-electron chi connectivity index (χ1n) is 10.7. The number of amides is 2. The smallest absolute Gasteiger partial charge is 0.417 e. The van der Waals surface area contributed by atoms with Crippen LogP contribution < -0.4 is 5.32 Å². The topological polar surface area (TPSA) is 61.9 Å². The lowest BCUT2D eigenvalue weighted by Crippen LogP contribution is -2.49. The van der Waals surface area contributed by atoms with Gasteiger partial charge in [-0.15, -0.1) is 0 Å². The van der Waals surface area contributed by atoms with Crippen molar-refractivity contribution < 1.29 is 27.5 Å². The molecule has 1 aliphatic rings. The van der Waals surface area contributed by atoms with Crippen molar-refractivity contribution in [1.29, 1.82) is 0 Å². The van der Waals surface area contributed by atoms with Gasteiger partial charge in [-0.25, -0.2) is 4.79 Å². The van der Waals surface area contributed by atoms with E-state index in [0.717, 1.165) is 17.7 Å². The Morgan fingerprint density at radius 1 is 0.939 bits per heavy atom. The lowest BCUT2D eigenvalue weighted by atomic mass is 10.1. The number of anilines is 1. The van der Waals surface area contributed by atoms with Gasteiger partial charge in [0.2, 0.25) is 0 Å². The zero-order valence-electron chi connectivity index (χ0n) is 18.9. The molecule has 0 atom stereocenters. The third-order valence-corrected chi connectivity index (χ3v) is 5.12. The SMILES string of the molecule is CC(C)(C)OC(=O)N1CCN(Cc2ccc(NC(=O)c3ccccc3C(F)(F)F)cc2)CC1. The second-order valence-corrected chi connectivity index (χ2v) is 8.94. The van der Waals surface area contributed by atoms with E-state index in [1.54, 1.807) is 17.0 Å². The Bertz CT molecular complexity index is 977. The Hall–Kier alpha value is -3.07. The maximum Gasteiger partial charge on any atom is 0.417 e. The van der Waals surface area contributed by atoms with Gasteiger partial charge in [-0.3, -0.25) is 9.69 Å². The van der Waals surface area contributed by atoms with E-state index in [1.807, 2.05) is 32.9 Å². The number of carbonyl (C=O) groups excluding carboxylic acids is 2. The van der Waals surface area contributed by atoms with Crippen LogP contribution >= 0.6 is 0 Å². The Morgan fingerprint density at radius 2 is 1.55 bits per heavy atom. The molecule has 1 fully saturated rings. The Labute approximate surface area is 191 Å². The number of benzene rings is 2. The van der Waals surface area contributed by atoms with Crippen LogP contribution in [0.2, 0.25) is 0 Å². The molecule has 0 aromatic heterocycles. The number of carbonyl (C=O) groups is 2. The standard InChI is InChI=1S/C24H28F3N3O3/c1-23(2,3)33-22(32)30-14-12-29(13-15-30)16-17-8-10-18(11-9-17)28-21(31)19-6-4-5-7-20(19)24(25,26)27/h4-11H,12-16H2,1-3H3,(H,28,31). The minimum atomic E-state index is -4.61. The van der Waals surface area contributed by atoms with E-state index in [9.17, 15) is 22.8 Å². The fourth-order valence-electron chi connectivity index (χ4n) is 3.49. The highest BCUT2D eigenvalue weighted by Gasteiger charge is 2.34. The summed E-state index contributed by atoms with van der Waals surface area (Å²) in [6.45, 7) is 8.71. The highest BCUT2D eigenvalue weighted by molar-refractivity contribution is 6.05. The molecule has 0 bridgehead atoms. The van der Waals surface area contributed by atoms with E-state index in [4.69, 9.17) is 4.74 Å². The van der Waals surface area contributed by atoms with Gasteiger partial charge < -0.3 is 15.0 Å². The summed E-state index contributed by atoms with van der Waals surface area (Å²) in [5, 5.41) is 2.53. The van der Waals surface area contributed by atoms with Crippen LogP contribution in [0.15, 0.2) is 48.5 Å². The molecule has 0 spiro atoms. The average molecular weight is 464 g/mol. The molecule has 3 rings (SSSR count). The third-order valence-electron chi connectivity index (χ3n) is 5.12. The van der Waals surface area contributed by atoms with Gasteiger partial charge in [0.25, 0.3) is 5.91 Å². The van der Waals surface area contributed by atoms with Crippen LogP contribution in [0.4, 0.5) is 23.7 Å². The van der Waals surface area contributed by atoms with Crippen molar-refractivity contribution >= 4 is 17.7 Å². The molecule has 0 aliphatic carbocycles. The number of piperazine rings is 1. The lowest BCUT2D eigenvalue weighted by Gasteiger charge is -2.35. The van der Waals surface area contributed by atoms with Gasteiger partial charge in [0.15, 0.2) is 0 Å². The summed E-state index contributed by atoms with van der Waals surface area (Å²) >= 11 is 0. The normalized spacial score (nSPS) is 15.3. The van der Waals surface area contributed by atoms with Gasteiger partial charge in [0, 0.05) is 38.4 Å². The number of ether oxygens (including phenoxy) is 1. The van der Waals surface area contributed by atoms with Crippen molar-refractivity contribution in [3.63, 3.8) is 0 Å². The summed E-state index contributed by atoms with van der Waals surface area (Å²) < 4.78 is 44.9. The number of hydrogen-bond acceptors (Lipinski definition) is 4. The maximum atomic E-state index is 13.2. The van der Waals surface area contributed by atoms with E-state index < -0.39 is 28.8 Å². The van der Waals surface area contributed by atoms with Crippen LogP contribution in [-0.4, -0.2) is 53.6 Å². The van der Waals surface area contributed by atoms with Crippen LogP contribution in [0.5, 0.6) is 0 Å². The molecule has 1 N–H and O–H groups in total. The zero-order valence-corrected chi connectivity index (χ0v) is 18.9. The molecule has 1 saturated heterocycles. The van der Waals surface area contributed by atoms with Crippen LogP contribution in [-0.2, 0) is 17.5 Å². The Morgan fingerprint density at radius 3 is 2.12 bits per heavy atom. The quantitative estimate of drug-likeness (QED) is 0.693. The number of halogens is 3. The first kappa shape index (κ1) is 24.6. The van der Waals surface area contributed by atoms with Crippen molar-refractivity contribution in [2.24, 2.45) is 0 Å². The molecule has 178 valence electrons. The molecular formula is C24H28F3N3O3. The van der Waals surface area contributed by atoms with Crippen molar-refractivity contribution in [2.45, 2.75) is 39.1 Å². The molecule has 1 aliphatic heterocycles. The monoisotopic (exact) mass is 463 g/mol. The van der Waals surface area contributed by atoms with Gasteiger partial charge in [-0.2, -0.15) is 13.2 Å². The van der Waals surface area contributed by atoms with Crippen LogP contribution in [0.1, 0.15) is 42.3 Å². The fraction of sp³-hybridized carbons (Fsp3) is 0.417. The summed E-state index contributed by atoms with van der Waals surface area (Å²) in [5.41, 5.74) is -0.508. The van der Waals surface area contributed by atoms with E-state index in [-0.39, 0.29) is 6.09 Å². The molecular weight excluding hydrogens is 435 g/mol. The van der Waals surface area contributed by atoms with Crippen molar-refractivity contribution in [3.8, 4) is 0 Å². The first-order valence-corrected chi connectivity index (χ1v) is 10.7. The highest BCUT2D eigenvalue weighted by atomic mass is 19.4. The lowest BCUT2D eigenvalue weighted by molar-refractivity contribution is -0.137. The minimum absolute atomic E-state index is 0.311. The third kappa shape index (κ3) is 6.95. The number of rotatable bonds is 4. The fourth-order valence-corrected chi connectivity index (χ4v) is 3.49. The molecule has 2 aromatic rings. The largest absolute Gasteiger partial charge is 0.444 e. The average Bonchev–Trinajstić information content (AvgIpc) is 2.74. The molecule has 0 radical (unpaired) electrons. The van der Waals surface area contributed by atoms with E-state index in [0.29, 0.717) is 38.4 Å². The van der Waals surface area contributed by atoms with Crippen LogP contribution in [0.25, 0.3) is 0 Å². The molecule has 2 amide bonds. The summed E-state index contributed by atoms with van der Waals surface area (Å²) in [5.74, 6) is -0.811. The molecule has 0 unspecified atom stereocenters. The van der Waals surface area contributed by atoms with Crippen molar-refractivity contribution in [3.05, 3.63) is 65.2 Å². The molecule has 33 heavy (non-hydrogen) atoms. The summed E-state index contributed by atoms with van der Waals surface area (Å²) in [7, 11) is 0. The van der Waals surface area contributed by atoms with E-state index in [2.05, 4.69) is 10.2 Å². The van der Waals surface area contributed by atoms with E-state index in [1.165, 1.54) is 12.1 Å². The predicted octanol–water partition coefficient (Wildman–Crippen LogP) is 5.01. The summed E-state index contributed by atoms with van der Waals surface area (Å²) in [6.07, 6.45) is -4.92. The van der Waals surface area contributed by atoms with Crippen LogP contribution in [0, 0.1) is 0 Å². The van der Waals surface area contributed by atoms with Crippen molar-refractivity contribution in [1.82, 2.24) is 9.80 Å². The molecule has 0 saturated carbocycles. The number of nitrogens with zero attached hydrogens (tertiary/aromatic N) is 2. The molecule has 2 aromatic carbocycles. The predicted molar refractivity (Wildman–Crippen MR) is 119 cm³/mol. The van der Waals surface area contributed by atoms with Gasteiger partial charge in [0.05, 0.1) is 11.1 Å². The number of hydrogen-bond donors (Lipinski definition) is 1. The zero-order chi connectivity index (χ0) is 24.2. The number of nitrogens with one attached hydrogen (secondary N) is 1. The maximum absolute atomic E-state index is 13.2. The summed E-state index contributed by atoms with van der Waals surface area (Å²) in [4.78, 5) is 28.5. The Balaban J connectivity index is 1.54. The van der Waals surface area contributed by atoms with Gasteiger partial charge in [0.1, 0.15) is 5.60 Å². The molecule has 9 heteroatoms. The van der Waals surface area contributed by atoms with Gasteiger partial charge in [-0.1, -0.05) is 24.3 Å². The minimum Gasteiger partial charge on any atom is -0.444 e. The molecule has 6 nitrogen and oxygen atoms in total. The number of alkyl halides is 3. The second-order valence-electron chi connectivity index (χ2n) is 8.94. The second kappa shape index (κ2) is 9.82. The Kier molecular flexibility index (Phi) is 7.31. The highest BCUT2D eigenvalue weighted by Crippen LogP contribution is 2.32. The van der Waals surface area contributed by atoms with Crippen molar-refractivity contribution in [2.75, 3.05) is 31.5 Å².